The molecule has 0 bridgehead atoms. The quantitative estimate of drug-likeness (QED) is 0.742. The highest BCUT2D eigenvalue weighted by molar-refractivity contribution is 8.13. The number of fused-ring (bicyclic) bond motifs is 1. The van der Waals surface area contributed by atoms with Crippen LogP contribution in [0.4, 0.5) is 0 Å². The van der Waals surface area contributed by atoms with E-state index in [4.69, 9.17) is 22.3 Å². The molecule has 15 heavy (non-hydrogen) atoms. The van der Waals surface area contributed by atoms with E-state index in [-0.39, 0.29) is 4.90 Å². The smallest absolute Gasteiger partial charge is 0.261 e. The van der Waals surface area contributed by atoms with Crippen LogP contribution in [0, 0.1) is 0 Å². The van der Waals surface area contributed by atoms with Crippen LogP contribution in [-0.2, 0) is 16.1 Å². The van der Waals surface area contributed by atoms with E-state index in [0.29, 0.717) is 10.8 Å². The average Bonchev–Trinajstić information content (AvgIpc) is 2.41. The summed E-state index contributed by atoms with van der Waals surface area (Å²) in [4.78, 5) is 4.01. The first-order valence-corrected chi connectivity index (χ1v) is 6.65. The van der Waals surface area contributed by atoms with Gasteiger partial charge in [0.15, 0.2) is 0 Å². The van der Waals surface area contributed by atoms with Crippen molar-refractivity contribution in [3.05, 3.63) is 23.5 Å². The first-order valence-electron chi connectivity index (χ1n) is 3.96. The van der Waals surface area contributed by atoms with Crippen LogP contribution in [0.2, 0.25) is 5.28 Å². The molecule has 0 amide bonds. The Morgan fingerprint density at radius 1 is 1.40 bits per heavy atom. The van der Waals surface area contributed by atoms with Crippen molar-refractivity contribution in [2.75, 3.05) is 0 Å². The summed E-state index contributed by atoms with van der Waals surface area (Å²) in [6, 6.07) is 4.43. The highest BCUT2D eigenvalue weighted by atomic mass is 35.7. The van der Waals surface area contributed by atoms with Crippen molar-refractivity contribution in [3.8, 4) is 0 Å². The van der Waals surface area contributed by atoms with Gasteiger partial charge in [0.25, 0.3) is 9.05 Å². The van der Waals surface area contributed by atoms with E-state index >= 15 is 0 Å². The molecule has 0 aliphatic heterocycles. The highest BCUT2D eigenvalue weighted by Crippen LogP contribution is 2.23. The zero-order valence-electron chi connectivity index (χ0n) is 7.61. The first kappa shape index (κ1) is 10.7. The largest absolute Gasteiger partial charge is 0.318 e. The van der Waals surface area contributed by atoms with Gasteiger partial charge in [0.1, 0.15) is 0 Å². The molecule has 2 aromatic rings. The predicted octanol–water partition coefficient (Wildman–Crippen LogP) is 2.15. The average molecular weight is 265 g/mol. The lowest BCUT2D eigenvalue weighted by atomic mass is 10.3. The molecule has 4 nitrogen and oxygen atoms in total. The van der Waals surface area contributed by atoms with Crippen molar-refractivity contribution in [1.29, 1.82) is 0 Å². The van der Waals surface area contributed by atoms with Crippen LogP contribution in [0.15, 0.2) is 23.1 Å². The maximum Gasteiger partial charge on any atom is 0.261 e. The minimum atomic E-state index is -3.72. The molecule has 0 unspecified atom stereocenters. The maximum absolute atomic E-state index is 11.1. The molecular weight excluding hydrogens is 259 g/mol. The van der Waals surface area contributed by atoms with Gasteiger partial charge in [0, 0.05) is 17.7 Å². The molecule has 0 N–H and O–H groups in total. The van der Waals surface area contributed by atoms with Gasteiger partial charge >= 0.3 is 0 Å². The third-order valence-corrected chi connectivity index (χ3v) is 3.77. The number of aromatic nitrogens is 2. The van der Waals surface area contributed by atoms with Crippen LogP contribution in [0.25, 0.3) is 11.0 Å². The summed E-state index contributed by atoms with van der Waals surface area (Å²) >= 11 is 5.79. The second-order valence-electron chi connectivity index (χ2n) is 3.03. The van der Waals surface area contributed by atoms with Crippen LogP contribution in [0.5, 0.6) is 0 Å². The van der Waals surface area contributed by atoms with Crippen LogP contribution >= 0.6 is 22.3 Å². The van der Waals surface area contributed by atoms with Crippen molar-refractivity contribution < 1.29 is 8.42 Å². The van der Waals surface area contributed by atoms with Gasteiger partial charge in [-0.25, -0.2) is 13.4 Å². The molecule has 7 heteroatoms. The van der Waals surface area contributed by atoms with Crippen LogP contribution in [-0.4, -0.2) is 18.0 Å². The SMILES string of the molecule is Cn1c(Cl)nc2cc(S(=O)(=O)Cl)ccc21. The normalized spacial score (nSPS) is 12.2. The fourth-order valence-electron chi connectivity index (χ4n) is 1.30. The van der Waals surface area contributed by atoms with Crippen molar-refractivity contribution in [1.82, 2.24) is 9.55 Å². The van der Waals surface area contributed by atoms with E-state index < -0.39 is 9.05 Å². The molecule has 0 radical (unpaired) electrons. The number of nitrogens with zero attached hydrogens (tertiary/aromatic N) is 2. The lowest BCUT2D eigenvalue weighted by molar-refractivity contribution is 0.609. The Balaban J connectivity index is 2.78. The third kappa shape index (κ3) is 1.82. The first-order chi connectivity index (χ1) is 6.89. The Bertz CT molecular complexity index is 633. The second kappa shape index (κ2) is 3.37. The molecule has 2 rings (SSSR count). The number of imidazole rings is 1. The topological polar surface area (TPSA) is 52.0 Å². The van der Waals surface area contributed by atoms with E-state index in [1.165, 1.54) is 12.1 Å². The van der Waals surface area contributed by atoms with Gasteiger partial charge in [-0.2, -0.15) is 0 Å². The maximum atomic E-state index is 11.1. The number of rotatable bonds is 1. The Hall–Kier alpha value is -0.780. The summed E-state index contributed by atoms with van der Waals surface area (Å²) in [5.41, 5.74) is 1.26. The summed E-state index contributed by atoms with van der Waals surface area (Å²) < 4.78 is 23.8. The van der Waals surface area contributed by atoms with Gasteiger partial charge in [0.2, 0.25) is 5.28 Å². The predicted molar refractivity (Wildman–Crippen MR) is 58.8 cm³/mol. The van der Waals surface area contributed by atoms with Crippen LogP contribution < -0.4 is 0 Å². The van der Waals surface area contributed by atoms with Crippen molar-refractivity contribution in [2.24, 2.45) is 7.05 Å². The third-order valence-electron chi connectivity index (χ3n) is 2.08. The van der Waals surface area contributed by atoms with Crippen LogP contribution in [0.1, 0.15) is 0 Å². The van der Waals surface area contributed by atoms with Gasteiger partial charge in [-0.3, -0.25) is 0 Å². The zero-order chi connectivity index (χ0) is 11.2. The van der Waals surface area contributed by atoms with E-state index in [0.717, 1.165) is 5.52 Å². The Kier molecular flexibility index (Phi) is 2.41. The molecule has 1 heterocycles. The summed E-state index contributed by atoms with van der Waals surface area (Å²) in [7, 11) is 3.23. The monoisotopic (exact) mass is 264 g/mol. The number of halogens is 2. The molecule has 0 aliphatic carbocycles. The van der Waals surface area contributed by atoms with Gasteiger partial charge < -0.3 is 4.57 Å². The van der Waals surface area contributed by atoms with E-state index in [2.05, 4.69) is 4.98 Å². The van der Waals surface area contributed by atoms with Gasteiger partial charge in [0.05, 0.1) is 15.9 Å². The van der Waals surface area contributed by atoms with Crippen molar-refractivity contribution in [2.45, 2.75) is 4.90 Å². The fourth-order valence-corrected chi connectivity index (χ4v) is 2.25. The fraction of sp³-hybridized carbons (Fsp3) is 0.125. The Morgan fingerprint density at radius 2 is 2.07 bits per heavy atom. The summed E-state index contributed by atoms with van der Waals surface area (Å²) in [5, 5.41) is 0.300. The van der Waals surface area contributed by atoms with Gasteiger partial charge in [-0.05, 0) is 29.8 Å². The number of aryl methyl sites for hydroxylation is 1. The Morgan fingerprint density at radius 3 is 2.67 bits per heavy atom. The molecule has 0 saturated heterocycles. The molecule has 0 aliphatic rings. The van der Waals surface area contributed by atoms with Gasteiger partial charge in [-0.1, -0.05) is 0 Å². The number of hydrogen-bond donors (Lipinski definition) is 0. The molecule has 80 valence electrons. The van der Waals surface area contributed by atoms with E-state index in [1.54, 1.807) is 17.7 Å². The molecule has 0 atom stereocenters. The number of hydrogen-bond acceptors (Lipinski definition) is 3. The molecular formula is C8H6Cl2N2O2S. The van der Waals surface area contributed by atoms with Crippen molar-refractivity contribution >= 4 is 42.4 Å². The summed E-state index contributed by atoms with van der Waals surface area (Å²) in [5.74, 6) is 0. The molecule has 0 fully saturated rings. The standard InChI is InChI=1S/C8H6Cl2N2O2S/c1-12-7-3-2-5(15(10,13)14)4-6(7)11-8(12)9/h2-4H,1H3. The van der Waals surface area contributed by atoms with E-state index in [1.807, 2.05) is 0 Å². The minimum absolute atomic E-state index is 0.0198. The van der Waals surface area contributed by atoms with Gasteiger partial charge in [-0.15, -0.1) is 0 Å². The minimum Gasteiger partial charge on any atom is -0.318 e. The highest BCUT2D eigenvalue weighted by Gasteiger charge is 2.13. The second-order valence-corrected chi connectivity index (χ2v) is 5.93. The summed E-state index contributed by atoms with van der Waals surface area (Å²) in [6.07, 6.45) is 0. The van der Waals surface area contributed by atoms with Crippen LogP contribution in [0.3, 0.4) is 0 Å². The molecule has 0 spiro atoms. The molecule has 1 aromatic heterocycles. The lowest BCUT2D eigenvalue weighted by Crippen LogP contribution is -1.91. The van der Waals surface area contributed by atoms with E-state index in [9.17, 15) is 8.42 Å². The lowest BCUT2D eigenvalue weighted by Gasteiger charge is -1.97. The summed E-state index contributed by atoms with van der Waals surface area (Å²) in [6.45, 7) is 0. The van der Waals surface area contributed by atoms with Crippen molar-refractivity contribution in [3.63, 3.8) is 0 Å². The molecule has 1 aromatic carbocycles. The number of benzene rings is 1. The molecule has 0 saturated carbocycles. The zero-order valence-corrected chi connectivity index (χ0v) is 9.94. The Labute approximate surface area is 95.9 Å².